The lowest BCUT2D eigenvalue weighted by Gasteiger charge is -2.50. The molecule has 1 saturated carbocycles. The van der Waals surface area contributed by atoms with Gasteiger partial charge >= 0.3 is 5.63 Å². The number of fused-ring (bicyclic) bond motifs is 2. The molecule has 4 atom stereocenters. The van der Waals surface area contributed by atoms with Gasteiger partial charge in [0.15, 0.2) is 0 Å². The van der Waals surface area contributed by atoms with Gasteiger partial charge < -0.3 is 14.3 Å². The Morgan fingerprint density at radius 3 is 2.62 bits per heavy atom. The van der Waals surface area contributed by atoms with Crippen LogP contribution in [0.4, 0.5) is 0 Å². The Hall–Kier alpha value is -2.07. The van der Waals surface area contributed by atoms with Crippen molar-refractivity contribution < 1.29 is 14.3 Å². The Morgan fingerprint density at radius 2 is 1.92 bits per heavy atom. The molecule has 2 heterocycles. The topological polar surface area (TPSA) is 59.7 Å². The maximum absolute atomic E-state index is 12.6. The van der Waals surface area contributed by atoms with Crippen molar-refractivity contribution in [1.29, 1.82) is 0 Å². The molecular formula is C22H26O4. The average molecular weight is 354 g/mol. The predicted molar refractivity (Wildman–Crippen MR) is 100 cm³/mol. The van der Waals surface area contributed by atoms with Crippen LogP contribution < -0.4 is 10.4 Å². The molecule has 1 aliphatic heterocycles. The largest absolute Gasteiger partial charge is 0.484 e. The molecule has 0 bridgehead atoms. The summed E-state index contributed by atoms with van der Waals surface area (Å²) in [6, 6.07) is 11.3. The number of benzene rings is 1. The average Bonchev–Trinajstić information content (AvgIpc) is 2.61. The van der Waals surface area contributed by atoms with Crippen molar-refractivity contribution in [1.82, 2.24) is 0 Å². The molecule has 1 aromatic carbocycles. The Labute approximate surface area is 153 Å². The van der Waals surface area contributed by atoms with Crippen molar-refractivity contribution in [3.63, 3.8) is 0 Å². The molecule has 1 N–H and O–H groups in total. The van der Waals surface area contributed by atoms with E-state index in [0.29, 0.717) is 35.3 Å². The van der Waals surface area contributed by atoms with Gasteiger partial charge in [-0.25, -0.2) is 4.79 Å². The van der Waals surface area contributed by atoms with Crippen LogP contribution in [0.5, 0.6) is 5.75 Å². The fourth-order valence-electron chi connectivity index (χ4n) is 4.47. The van der Waals surface area contributed by atoms with Crippen LogP contribution in [-0.2, 0) is 6.42 Å². The van der Waals surface area contributed by atoms with Gasteiger partial charge in [0.25, 0.3) is 0 Å². The lowest BCUT2D eigenvalue weighted by molar-refractivity contribution is -0.132. The zero-order valence-corrected chi connectivity index (χ0v) is 15.6. The summed E-state index contributed by atoms with van der Waals surface area (Å²) in [6.07, 6.45) is 1.77. The van der Waals surface area contributed by atoms with Crippen LogP contribution in [0.15, 0.2) is 45.6 Å². The molecule has 1 aromatic heterocycles. The molecule has 2 aromatic rings. The first-order valence-corrected chi connectivity index (χ1v) is 9.48. The molecule has 1 aliphatic carbocycles. The van der Waals surface area contributed by atoms with E-state index in [4.69, 9.17) is 9.15 Å². The third-order valence-electron chi connectivity index (χ3n) is 6.38. The Bertz CT molecular complexity index is 854. The maximum Gasteiger partial charge on any atom is 0.343 e. The second-order valence-corrected chi connectivity index (χ2v) is 8.29. The van der Waals surface area contributed by atoms with Crippen LogP contribution >= 0.6 is 0 Å². The maximum atomic E-state index is 12.6. The normalized spacial score (nSPS) is 30.4. The highest BCUT2D eigenvalue weighted by molar-refractivity contribution is 5.59. The Balaban J connectivity index is 1.74. The third-order valence-corrected chi connectivity index (χ3v) is 6.38. The van der Waals surface area contributed by atoms with Gasteiger partial charge in [-0.15, -0.1) is 0 Å². The third kappa shape index (κ3) is 2.77. The molecule has 2 aliphatic rings. The van der Waals surface area contributed by atoms with E-state index in [0.717, 1.165) is 18.4 Å². The molecule has 26 heavy (non-hydrogen) atoms. The van der Waals surface area contributed by atoms with E-state index in [2.05, 4.69) is 13.8 Å². The zero-order chi connectivity index (χ0) is 18.5. The van der Waals surface area contributed by atoms with Gasteiger partial charge in [0, 0.05) is 17.5 Å². The summed E-state index contributed by atoms with van der Waals surface area (Å²) in [4.78, 5) is 12.6. The summed E-state index contributed by atoms with van der Waals surface area (Å²) in [5.74, 6) is 2.13. The minimum Gasteiger partial charge on any atom is -0.484 e. The Kier molecular flexibility index (Phi) is 4.19. The van der Waals surface area contributed by atoms with Crippen molar-refractivity contribution >= 4 is 0 Å². The van der Waals surface area contributed by atoms with Crippen molar-refractivity contribution in [3.05, 3.63) is 52.4 Å². The lowest BCUT2D eigenvalue weighted by Crippen LogP contribution is -2.58. The number of ether oxygens (including phenoxy) is 1. The predicted octanol–water partition coefficient (Wildman–Crippen LogP) is 4.04. The second kappa shape index (κ2) is 6.27. The number of hydrogen-bond donors (Lipinski definition) is 1. The standard InChI is InChI=1S/C22H26O4/c1-13(2)15-9-16-11-17-19(26-22(16,3)20(23)10-15)12-18(25-21(17)24)14-7-5-4-6-8-14/h4-8,12-13,15-16,20,23H,9-11H2,1-3H3/t15-,16-,20-,22-/m0/s1. The highest BCUT2D eigenvalue weighted by atomic mass is 16.5. The van der Waals surface area contributed by atoms with Gasteiger partial charge in [0.2, 0.25) is 0 Å². The minimum atomic E-state index is -0.653. The van der Waals surface area contributed by atoms with E-state index in [9.17, 15) is 9.90 Å². The zero-order valence-electron chi connectivity index (χ0n) is 15.6. The first-order valence-electron chi connectivity index (χ1n) is 9.48. The number of hydrogen-bond acceptors (Lipinski definition) is 4. The van der Waals surface area contributed by atoms with Gasteiger partial charge in [-0.1, -0.05) is 44.2 Å². The van der Waals surface area contributed by atoms with Crippen LogP contribution in [-0.4, -0.2) is 16.8 Å². The van der Waals surface area contributed by atoms with Gasteiger partial charge in [0.05, 0.1) is 11.7 Å². The van der Waals surface area contributed by atoms with E-state index in [-0.39, 0.29) is 11.5 Å². The molecular weight excluding hydrogens is 328 g/mol. The van der Waals surface area contributed by atoms with E-state index in [1.807, 2.05) is 37.3 Å². The lowest BCUT2D eigenvalue weighted by atomic mass is 9.64. The molecule has 1 fully saturated rings. The van der Waals surface area contributed by atoms with Crippen LogP contribution in [0.3, 0.4) is 0 Å². The number of aliphatic hydroxyl groups excluding tert-OH is 1. The van der Waals surface area contributed by atoms with Gasteiger partial charge in [0.1, 0.15) is 17.1 Å². The molecule has 0 amide bonds. The smallest absolute Gasteiger partial charge is 0.343 e. The summed E-state index contributed by atoms with van der Waals surface area (Å²) >= 11 is 0. The van der Waals surface area contributed by atoms with E-state index in [1.165, 1.54) is 0 Å². The molecule has 4 heteroatoms. The SMILES string of the molecule is CC(C)[C@H]1C[C@H]2Cc3c(cc(-c4ccccc4)oc3=O)O[C@]2(C)[C@@H](O)C1. The summed E-state index contributed by atoms with van der Waals surface area (Å²) in [5, 5.41) is 10.8. The number of rotatable bonds is 2. The highest BCUT2D eigenvalue weighted by Gasteiger charge is 2.52. The molecule has 4 nitrogen and oxygen atoms in total. The van der Waals surface area contributed by atoms with Gasteiger partial charge in [-0.05, 0) is 38.0 Å². The molecule has 0 unspecified atom stereocenters. The number of aliphatic hydroxyl groups is 1. The molecule has 138 valence electrons. The monoisotopic (exact) mass is 354 g/mol. The first-order chi connectivity index (χ1) is 12.4. The van der Waals surface area contributed by atoms with E-state index < -0.39 is 11.7 Å². The van der Waals surface area contributed by atoms with Gasteiger partial charge in [-0.3, -0.25) is 0 Å². The summed E-state index contributed by atoms with van der Waals surface area (Å²) in [6.45, 7) is 6.37. The van der Waals surface area contributed by atoms with Crippen LogP contribution in [0.25, 0.3) is 11.3 Å². The fourth-order valence-corrected chi connectivity index (χ4v) is 4.47. The van der Waals surface area contributed by atoms with Crippen molar-refractivity contribution in [3.8, 4) is 17.1 Å². The second-order valence-electron chi connectivity index (χ2n) is 8.29. The van der Waals surface area contributed by atoms with Crippen molar-refractivity contribution in [2.75, 3.05) is 0 Å². The molecule has 4 rings (SSSR count). The van der Waals surface area contributed by atoms with Crippen LogP contribution in [0.1, 0.15) is 39.2 Å². The van der Waals surface area contributed by atoms with Crippen molar-refractivity contribution in [2.45, 2.75) is 51.7 Å². The van der Waals surface area contributed by atoms with Crippen molar-refractivity contribution in [2.24, 2.45) is 17.8 Å². The molecule has 0 spiro atoms. The molecule has 0 saturated heterocycles. The first kappa shape index (κ1) is 17.3. The van der Waals surface area contributed by atoms with E-state index >= 15 is 0 Å². The molecule has 0 radical (unpaired) electrons. The Morgan fingerprint density at radius 1 is 1.19 bits per heavy atom. The minimum absolute atomic E-state index is 0.122. The van der Waals surface area contributed by atoms with Crippen LogP contribution in [0.2, 0.25) is 0 Å². The highest BCUT2D eigenvalue weighted by Crippen LogP contribution is 2.48. The summed E-state index contributed by atoms with van der Waals surface area (Å²) < 4.78 is 11.9. The van der Waals surface area contributed by atoms with Gasteiger partial charge in [-0.2, -0.15) is 0 Å². The van der Waals surface area contributed by atoms with Crippen LogP contribution in [0, 0.1) is 17.8 Å². The quantitative estimate of drug-likeness (QED) is 0.884. The summed E-state index contributed by atoms with van der Waals surface area (Å²) in [5.41, 5.74) is 0.459. The van der Waals surface area contributed by atoms with E-state index in [1.54, 1.807) is 6.07 Å². The fraction of sp³-hybridized carbons (Fsp3) is 0.500. The summed E-state index contributed by atoms with van der Waals surface area (Å²) in [7, 11) is 0.